The molecule has 0 aliphatic carbocycles. The van der Waals surface area contributed by atoms with Gasteiger partial charge in [0.25, 0.3) is 0 Å². The van der Waals surface area contributed by atoms with Gasteiger partial charge in [0.15, 0.2) is 0 Å². The molecule has 8 heteroatoms. The highest BCUT2D eigenvalue weighted by atomic mass is 16.6. The molecule has 0 aromatic heterocycles. The summed E-state index contributed by atoms with van der Waals surface area (Å²) in [7, 11) is 0. The number of benzene rings is 1. The van der Waals surface area contributed by atoms with Crippen molar-refractivity contribution in [2.45, 2.75) is 71.1 Å². The summed E-state index contributed by atoms with van der Waals surface area (Å²) in [6.07, 6.45) is 13.2. The topological polar surface area (TPSA) is 101 Å². The summed E-state index contributed by atoms with van der Waals surface area (Å²) in [6.45, 7) is 6.22. The SMILES string of the molecule is CCCCCCCCCCCCOCCOCCOCCOCCOC(=O)c1ccccc1C(=O)O. The Bertz CT molecular complexity index is 679. The van der Waals surface area contributed by atoms with Crippen LogP contribution in [0.25, 0.3) is 0 Å². The molecule has 1 rings (SSSR count). The van der Waals surface area contributed by atoms with Crippen LogP contribution in [0.2, 0.25) is 0 Å². The average Bonchev–Trinajstić information content (AvgIpc) is 2.89. The van der Waals surface area contributed by atoms with Crippen molar-refractivity contribution in [3.05, 3.63) is 35.4 Å². The Morgan fingerprint density at radius 1 is 0.583 bits per heavy atom. The quantitative estimate of drug-likeness (QED) is 0.135. The first-order chi connectivity index (χ1) is 17.7. The largest absolute Gasteiger partial charge is 0.478 e. The van der Waals surface area contributed by atoms with E-state index < -0.39 is 11.9 Å². The van der Waals surface area contributed by atoms with E-state index in [-0.39, 0.29) is 24.3 Å². The average molecular weight is 511 g/mol. The molecule has 0 bridgehead atoms. The summed E-state index contributed by atoms with van der Waals surface area (Å²) in [5, 5.41) is 9.11. The third-order valence-electron chi connectivity index (χ3n) is 5.60. The number of aromatic carboxylic acids is 1. The molecular weight excluding hydrogens is 464 g/mol. The van der Waals surface area contributed by atoms with E-state index in [2.05, 4.69) is 6.92 Å². The Kier molecular flexibility index (Phi) is 20.8. The van der Waals surface area contributed by atoms with Crippen LogP contribution >= 0.6 is 0 Å². The van der Waals surface area contributed by atoms with Crippen LogP contribution in [-0.4, -0.2) is 76.5 Å². The molecule has 0 radical (unpaired) electrons. The van der Waals surface area contributed by atoms with Gasteiger partial charge in [-0.1, -0.05) is 76.8 Å². The van der Waals surface area contributed by atoms with Crippen LogP contribution in [0.4, 0.5) is 0 Å². The number of esters is 1. The predicted octanol–water partition coefficient (Wildman–Crippen LogP) is 5.53. The van der Waals surface area contributed by atoms with Gasteiger partial charge < -0.3 is 28.8 Å². The molecular formula is C28H46O8. The number of carbonyl (C=O) groups is 2. The molecule has 0 unspecified atom stereocenters. The molecule has 0 fully saturated rings. The van der Waals surface area contributed by atoms with Crippen LogP contribution in [0.1, 0.15) is 91.8 Å². The van der Waals surface area contributed by atoms with Crippen LogP contribution in [0.5, 0.6) is 0 Å². The zero-order chi connectivity index (χ0) is 26.1. The van der Waals surface area contributed by atoms with Gasteiger partial charge in [-0.25, -0.2) is 9.59 Å². The lowest BCUT2D eigenvalue weighted by Gasteiger charge is -2.09. The van der Waals surface area contributed by atoms with Crippen molar-refractivity contribution >= 4 is 11.9 Å². The third-order valence-corrected chi connectivity index (χ3v) is 5.60. The monoisotopic (exact) mass is 510 g/mol. The fraction of sp³-hybridized carbons (Fsp3) is 0.714. The minimum atomic E-state index is -1.17. The highest BCUT2D eigenvalue weighted by molar-refractivity contribution is 6.02. The number of carboxylic acid groups (broad SMARTS) is 1. The molecule has 1 aromatic carbocycles. The maximum atomic E-state index is 12.0. The lowest BCUT2D eigenvalue weighted by molar-refractivity contribution is -0.00917. The van der Waals surface area contributed by atoms with Gasteiger partial charge in [0.2, 0.25) is 0 Å². The fourth-order valence-electron chi connectivity index (χ4n) is 3.57. The van der Waals surface area contributed by atoms with Crippen LogP contribution in [0.3, 0.4) is 0 Å². The van der Waals surface area contributed by atoms with E-state index in [1.807, 2.05) is 0 Å². The molecule has 206 valence electrons. The first-order valence-electron chi connectivity index (χ1n) is 13.5. The van der Waals surface area contributed by atoms with Gasteiger partial charge in [-0.2, -0.15) is 0 Å². The van der Waals surface area contributed by atoms with Gasteiger partial charge in [-0.3, -0.25) is 0 Å². The van der Waals surface area contributed by atoms with Crippen molar-refractivity contribution in [1.29, 1.82) is 0 Å². The number of hydrogen-bond donors (Lipinski definition) is 1. The molecule has 0 spiro atoms. The minimum absolute atomic E-state index is 0.0255. The Morgan fingerprint density at radius 3 is 1.50 bits per heavy atom. The highest BCUT2D eigenvalue weighted by Gasteiger charge is 2.16. The van der Waals surface area contributed by atoms with E-state index in [1.165, 1.54) is 69.9 Å². The minimum Gasteiger partial charge on any atom is -0.478 e. The molecule has 0 heterocycles. The normalized spacial score (nSPS) is 11.0. The number of carbonyl (C=O) groups excluding carboxylic acids is 1. The lowest BCUT2D eigenvalue weighted by Crippen LogP contribution is -2.16. The Balaban J connectivity index is 1.79. The Hall–Kier alpha value is -2.00. The number of hydrogen-bond acceptors (Lipinski definition) is 7. The first-order valence-corrected chi connectivity index (χ1v) is 13.5. The summed E-state index contributed by atoms with van der Waals surface area (Å²) in [4.78, 5) is 23.1. The van der Waals surface area contributed by atoms with Crippen LogP contribution in [0.15, 0.2) is 24.3 Å². The van der Waals surface area contributed by atoms with E-state index in [9.17, 15) is 9.59 Å². The van der Waals surface area contributed by atoms with Gasteiger partial charge in [-0.15, -0.1) is 0 Å². The van der Waals surface area contributed by atoms with Crippen LogP contribution in [-0.2, 0) is 23.7 Å². The molecule has 0 atom stereocenters. The van der Waals surface area contributed by atoms with E-state index in [0.717, 1.165) is 13.0 Å². The van der Waals surface area contributed by atoms with E-state index in [0.29, 0.717) is 39.6 Å². The summed E-state index contributed by atoms with van der Waals surface area (Å²) in [5.74, 6) is -1.85. The number of carboxylic acids is 1. The molecule has 0 saturated carbocycles. The zero-order valence-corrected chi connectivity index (χ0v) is 22.0. The fourth-order valence-corrected chi connectivity index (χ4v) is 3.57. The standard InChI is InChI=1S/C28H46O8/c1-2-3-4-5-6-7-8-9-10-13-16-32-17-18-33-19-20-34-21-22-35-23-24-36-28(31)26-15-12-11-14-25(26)27(29)30/h11-12,14-15H,2-10,13,16-24H2,1H3,(H,29,30). The molecule has 0 saturated heterocycles. The number of unbranched alkanes of at least 4 members (excludes halogenated alkanes) is 9. The number of rotatable bonds is 25. The van der Waals surface area contributed by atoms with Crippen molar-refractivity contribution in [2.75, 3.05) is 59.5 Å². The predicted molar refractivity (Wildman–Crippen MR) is 139 cm³/mol. The van der Waals surface area contributed by atoms with Crippen molar-refractivity contribution in [3.63, 3.8) is 0 Å². The Labute approximate surface area is 216 Å². The first kappa shape index (κ1) is 32.0. The van der Waals surface area contributed by atoms with E-state index in [1.54, 1.807) is 12.1 Å². The van der Waals surface area contributed by atoms with E-state index >= 15 is 0 Å². The maximum Gasteiger partial charge on any atom is 0.339 e. The van der Waals surface area contributed by atoms with Gasteiger partial charge in [0, 0.05) is 6.61 Å². The molecule has 0 amide bonds. The number of ether oxygens (including phenoxy) is 5. The second kappa shape index (κ2) is 23.4. The van der Waals surface area contributed by atoms with Gasteiger partial charge >= 0.3 is 11.9 Å². The summed E-state index contributed by atoms with van der Waals surface area (Å²) < 4.78 is 26.9. The van der Waals surface area contributed by atoms with Gasteiger partial charge in [0.05, 0.1) is 57.4 Å². The van der Waals surface area contributed by atoms with Crippen molar-refractivity contribution < 1.29 is 38.4 Å². The molecule has 36 heavy (non-hydrogen) atoms. The summed E-state index contributed by atoms with van der Waals surface area (Å²) in [6, 6.07) is 5.94. The highest BCUT2D eigenvalue weighted by Crippen LogP contribution is 2.11. The van der Waals surface area contributed by atoms with Crippen LogP contribution in [0, 0.1) is 0 Å². The summed E-state index contributed by atoms with van der Waals surface area (Å²) in [5.41, 5.74) is -0.0581. The second-order valence-electron chi connectivity index (χ2n) is 8.62. The lowest BCUT2D eigenvalue weighted by atomic mass is 10.1. The molecule has 1 N–H and O–H groups in total. The van der Waals surface area contributed by atoms with Gasteiger partial charge in [-0.05, 0) is 18.6 Å². The molecule has 0 aliphatic heterocycles. The maximum absolute atomic E-state index is 12.0. The Morgan fingerprint density at radius 2 is 1.00 bits per heavy atom. The van der Waals surface area contributed by atoms with Gasteiger partial charge in [0.1, 0.15) is 6.61 Å². The molecule has 8 nitrogen and oxygen atoms in total. The summed E-state index contributed by atoms with van der Waals surface area (Å²) >= 11 is 0. The van der Waals surface area contributed by atoms with Crippen molar-refractivity contribution in [2.24, 2.45) is 0 Å². The second-order valence-corrected chi connectivity index (χ2v) is 8.62. The van der Waals surface area contributed by atoms with E-state index in [4.69, 9.17) is 28.8 Å². The zero-order valence-electron chi connectivity index (χ0n) is 22.0. The molecule has 0 aliphatic rings. The van der Waals surface area contributed by atoms with Crippen LogP contribution < -0.4 is 0 Å². The van der Waals surface area contributed by atoms with Crippen molar-refractivity contribution in [1.82, 2.24) is 0 Å². The molecule has 1 aromatic rings. The smallest absolute Gasteiger partial charge is 0.339 e. The van der Waals surface area contributed by atoms with Crippen molar-refractivity contribution in [3.8, 4) is 0 Å². The third kappa shape index (κ3) is 17.4.